The van der Waals surface area contributed by atoms with Crippen LogP contribution in [0.3, 0.4) is 0 Å². The summed E-state index contributed by atoms with van der Waals surface area (Å²) in [5.74, 6) is -0.416. The van der Waals surface area contributed by atoms with E-state index in [1.54, 1.807) is 19.1 Å². The lowest BCUT2D eigenvalue weighted by Crippen LogP contribution is -2.25. The van der Waals surface area contributed by atoms with Crippen LogP contribution >= 0.6 is 11.6 Å². The maximum Gasteiger partial charge on any atom is 0.338 e. The fraction of sp³-hybridized carbons (Fsp3) is 0.250. The largest absolute Gasteiger partial charge is 0.487 e. The van der Waals surface area contributed by atoms with E-state index in [1.165, 1.54) is 7.11 Å². The van der Waals surface area contributed by atoms with Crippen LogP contribution in [0.15, 0.2) is 59.2 Å². The molecule has 6 nitrogen and oxygen atoms in total. The number of carbonyl (C=O) groups is 1. The van der Waals surface area contributed by atoms with E-state index in [9.17, 15) is 10.1 Å². The van der Waals surface area contributed by atoms with Crippen LogP contribution in [0.5, 0.6) is 5.75 Å². The Kier molecular flexibility index (Phi) is 6.57. The molecule has 31 heavy (non-hydrogen) atoms. The third kappa shape index (κ3) is 4.37. The van der Waals surface area contributed by atoms with Gasteiger partial charge >= 0.3 is 5.97 Å². The lowest BCUT2D eigenvalue weighted by molar-refractivity contribution is -0.136. The molecule has 160 valence electrons. The Labute approximate surface area is 186 Å². The van der Waals surface area contributed by atoms with Gasteiger partial charge in [0.05, 0.1) is 23.6 Å². The summed E-state index contributed by atoms with van der Waals surface area (Å²) >= 11 is 6.20. The Morgan fingerprint density at radius 3 is 2.58 bits per heavy atom. The first-order chi connectivity index (χ1) is 14.8. The van der Waals surface area contributed by atoms with Gasteiger partial charge in [0.15, 0.2) is 0 Å². The van der Waals surface area contributed by atoms with Gasteiger partial charge in [-0.3, -0.25) is 0 Å². The zero-order valence-electron chi connectivity index (χ0n) is 17.8. The smallest absolute Gasteiger partial charge is 0.338 e. The molecule has 1 atom stereocenters. The van der Waals surface area contributed by atoms with Crippen molar-refractivity contribution in [2.75, 3.05) is 7.11 Å². The lowest BCUT2D eigenvalue weighted by Gasteiger charge is -2.28. The van der Waals surface area contributed by atoms with Crippen molar-refractivity contribution in [2.24, 2.45) is 5.73 Å². The minimum atomic E-state index is -0.703. The topological polar surface area (TPSA) is 94.6 Å². The van der Waals surface area contributed by atoms with Gasteiger partial charge in [0.25, 0.3) is 0 Å². The second-order valence-corrected chi connectivity index (χ2v) is 7.65. The molecule has 0 spiro atoms. The minimum Gasteiger partial charge on any atom is -0.487 e. The predicted octanol–water partition coefficient (Wildman–Crippen LogP) is 4.79. The monoisotopic (exact) mass is 438 g/mol. The van der Waals surface area contributed by atoms with Gasteiger partial charge in [-0.15, -0.1) is 0 Å². The highest BCUT2D eigenvalue weighted by molar-refractivity contribution is 6.32. The molecule has 1 aliphatic heterocycles. The molecule has 0 aromatic heterocycles. The average Bonchev–Trinajstić information content (AvgIpc) is 2.73. The van der Waals surface area contributed by atoms with Gasteiger partial charge in [-0.05, 0) is 55.2 Å². The number of nitrogens with two attached hydrogens (primary N) is 1. The molecule has 0 bridgehead atoms. The number of para-hydroxylation sites is 1. The zero-order chi connectivity index (χ0) is 22.7. The standard InChI is InChI=1S/C24H23ClN2O4/c1-13-9-14(2)17(10-16(13)12-30-20-8-6-5-7-19(20)25)22-18(11-26)23(27)31-15(3)21(22)24(28)29-4/h5-10,22H,12,27H2,1-4H3/t22-/m1/s1. The highest BCUT2D eigenvalue weighted by atomic mass is 35.5. The van der Waals surface area contributed by atoms with Crippen LogP contribution in [-0.2, 0) is 20.9 Å². The number of hydrogen-bond donors (Lipinski definition) is 1. The Balaban J connectivity index is 2.08. The van der Waals surface area contributed by atoms with E-state index in [0.717, 1.165) is 22.3 Å². The molecule has 1 aliphatic rings. The van der Waals surface area contributed by atoms with Crippen molar-refractivity contribution in [3.8, 4) is 11.8 Å². The van der Waals surface area contributed by atoms with Crippen molar-refractivity contribution >= 4 is 17.6 Å². The maximum atomic E-state index is 12.6. The van der Waals surface area contributed by atoms with Gasteiger partial charge in [0.1, 0.15) is 29.8 Å². The number of allylic oxidation sites excluding steroid dienone is 2. The number of benzene rings is 2. The van der Waals surface area contributed by atoms with Crippen LogP contribution in [0.2, 0.25) is 5.02 Å². The third-order valence-electron chi connectivity index (χ3n) is 5.27. The summed E-state index contributed by atoms with van der Waals surface area (Å²) in [7, 11) is 1.29. The van der Waals surface area contributed by atoms with Crippen molar-refractivity contribution in [1.82, 2.24) is 0 Å². The molecule has 2 aromatic rings. The third-order valence-corrected chi connectivity index (χ3v) is 5.58. The number of nitrogens with zero attached hydrogens (tertiary/aromatic N) is 1. The van der Waals surface area contributed by atoms with E-state index in [0.29, 0.717) is 16.5 Å². The van der Waals surface area contributed by atoms with Gasteiger partial charge in [0, 0.05) is 0 Å². The summed E-state index contributed by atoms with van der Waals surface area (Å²) in [6, 6.07) is 13.3. The van der Waals surface area contributed by atoms with Crippen LogP contribution in [0.4, 0.5) is 0 Å². The summed E-state index contributed by atoms with van der Waals surface area (Å²) in [6.07, 6.45) is 0. The number of halogens is 1. The van der Waals surface area contributed by atoms with Crippen LogP contribution in [0.25, 0.3) is 0 Å². The van der Waals surface area contributed by atoms with E-state index in [-0.39, 0.29) is 23.6 Å². The highest BCUT2D eigenvalue weighted by Gasteiger charge is 2.37. The molecule has 0 saturated heterocycles. The first-order valence-corrected chi connectivity index (χ1v) is 10.00. The first kappa shape index (κ1) is 22.3. The van der Waals surface area contributed by atoms with E-state index in [2.05, 4.69) is 6.07 Å². The number of esters is 1. The van der Waals surface area contributed by atoms with Crippen LogP contribution in [0.1, 0.15) is 35.1 Å². The molecular formula is C24H23ClN2O4. The lowest BCUT2D eigenvalue weighted by atomic mass is 9.80. The molecular weight excluding hydrogens is 416 g/mol. The molecule has 0 aliphatic carbocycles. The fourth-order valence-electron chi connectivity index (χ4n) is 3.67. The zero-order valence-corrected chi connectivity index (χ0v) is 18.5. The molecule has 0 amide bonds. The summed E-state index contributed by atoms with van der Waals surface area (Å²) in [4.78, 5) is 12.6. The number of ether oxygens (including phenoxy) is 3. The van der Waals surface area contributed by atoms with E-state index >= 15 is 0 Å². The number of hydrogen-bond acceptors (Lipinski definition) is 6. The average molecular weight is 439 g/mol. The van der Waals surface area contributed by atoms with Crippen molar-refractivity contribution < 1.29 is 19.0 Å². The van der Waals surface area contributed by atoms with E-state index < -0.39 is 11.9 Å². The number of carbonyl (C=O) groups excluding carboxylic acids is 1. The van der Waals surface area contributed by atoms with Gasteiger partial charge in [0.2, 0.25) is 5.88 Å². The fourth-order valence-corrected chi connectivity index (χ4v) is 3.86. The van der Waals surface area contributed by atoms with Crippen LogP contribution in [-0.4, -0.2) is 13.1 Å². The number of nitriles is 1. The molecule has 3 rings (SSSR count). The molecule has 0 fully saturated rings. The van der Waals surface area contributed by atoms with Gasteiger partial charge in [-0.2, -0.15) is 5.26 Å². The maximum absolute atomic E-state index is 12.6. The number of rotatable bonds is 5. The van der Waals surface area contributed by atoms with Crippen molar-refractivity contribution in [1.29, 1.82) is 5.26 Å². The van der Waals surface area contributed by atoms with Crippen molar-refractivity contribution in [2.45, 2.75) is 33.3 Å². The van der Waals surface area contributed by atoms with Crippen LogP contribution in [0, 0.1) is 25.2 Å². The quantitative estimate of drug-likeness (QED) is 0.674. The summed E-state index contributed by atoms with van der Waals surface area (Å²) in [5, 5.41) is 10.3. The molecule has 2 aromatic carbocycles. The Bertz CT molecular complexity index is 1140. The van der Waals surface area contributed by atoms with Crippen LogP contribution < -0.4 is 10.5 Å². The van der Waals surface area contributed by atoms with Gasteiger partial charge in [-0.1, -0.05) is 35.9 Å². The molecule has 2 N–H and O–H groups in total. The Hall–Kier alpha value is -3.43. The predicted molar refractivity (Wildman–Crippen MR) is 117 cm³/mol. The second kappa shape index (κ2) is 9.15. The molecule has 0 saturated carbocycles. The summed E-state index contributed by atoms with van der Waals surface area (Å²) in [5.41, 5.74) is 9.96. The molecule has 0 radical (unpaired) electrons. The Morgan fingerprint density at radius 1 is 1.23 bits per heavy atom. The molecule has 7 heteroatoms. The van der Waals surface area contributed by atoms with E-state index in [4.69, 9.17) is 31.5 Å². The van der Waals surface area contributed by atoms with E-state index in [1.807, 2.05) is 38.1 Å². The number of aryl methyl sites for hydroxylation is 2. The Morgan fingerprint density at radius 2 is 1.94 bits per heavy atom. The first-order valence-electron chi connectivity index (χ1n) is 9.62. The SMILES string of the molecule is COC(=O)C1=C(C)OC(N)=C(C#N)[C@H]1c1cc(COc2ccccc2Cl)c(C)cc1C. The molecule has 0 unspecified atom stereocenters. The highest BCUT2D eigenvalue weighted by Crippen LogP contribution is 2.41. The van der Waals surface area contributed by atoms with Gasteiger partial charge < -0.3 is 19.9 Å². The number of methoxy groups -OCH3 is 1. The minimum absolute atomic E-state index is 0.0218. The normalized spacial score (nSPS) is 15.9. The molecule has 1 heterocycles. The summed E-state index contributed by atoms with van der Waals surface area (Å²) < 4.78 is 16.3. The summed E-state index contributed by atoms with van der Waals surface area (Å²) in [6.45, 7) is 5.80. The van der Waals surface area contributed by atoms with Crippen molar-refractivity contribution in [3.63, 3.8) is 0 Å². The van der Waals surface area contributed by atoms with Gasteiger partial charge in [-0.25, -0.2) is 4.79 Å². The van der Waals surface area contributed by atoms with Crippen molar-refractivity contribution in [3.05, 3.63) is 86.5 Å². The second-order valence-electron chi connectivity index (χ2n) is 7.24.